The highest BCUT2D eigenvalue weighted by Crippen LogP contribution is 2.34. The van der Waals surface area contributed by atoms with Crippen LogP contribution in [0.4, 0.5) is 4.79 Å². The fraction of sp³-hybridized carbons (Fsp3) is 0.636. The Balaban J connectivity index is 1.79. The first-order valence-electron chi connectivity index (χ1n) is 6.23. The predicted octanol–water partition coefficient (Wildman–Crippen LogP) is 1.95. The first-order valence-corrected chi connectivity index (χ1v) is 7.42. The Bertz CT molecular complexity index is 527. The summed E-state index contributed by atoms with van der Waals surface area (Å²) in [6.45, 7) is 0.150. The van der Waals surface area contributed by atoms with Crippen molar-refractivity contribution in [1.29, 1.82) is 0 Å². The second-order valence-corrected chi connectivity index (χ2v) is 6.56. The minimum Gasteiger partial charge on any atom is -0.323 e. The van der Waals surface area contributed by atoms with E-state index in [0.29, 0.717) is 9.47 Å². The topological polar surface area (TPSA) is 75.2 Å². The fourth-order valence-corrected chi connectivity index (χ4v) is 3.60. The summed E-state index contributed by atoms with van der Waals surface area (Å²) >= 11 is 6.88. The number of imide groups is 1. The number of nitrogens with zero attached hydrogens (tertiary/aromatic N) is 3. The van der Waals surface area contributed by atoms with Gasteiger partial charge in [0.2, 0.25) is 4.47 Å². The van der Waals surface area contributed by atoms with Gasteiger partial charge in [-0.25, -0.2) is 4.79 Å². The van der Waals surface area contributed by atoms with Crippen LogP contribution in [0.5, 0.6) is 0 Å². The van der Waals surface area contributed by atoms with Crippen molar-refractivity contribution in [3.8, 4) is 0 Å². The molecule has 2 aliphatic rings. The molecule has 2 heterocycles. The lowest BCUT2D eigenvalue weighted by Gasteiger charge is -2.30. The van der Waals surface area contributed by atoms with E-state index >= 15 is 0 Å². The molecule has 6 nitrogen and oxygen atoms in total. The predicted molar refractivity (Wildman–Crippen MR) is 69.8 cm³/mol. The number of aromatic nitrogens is 2. The van der Waals surface area contributed by atoms with Gasteiger partial charge in [0.05, 0.1) is 6.54 Å². The van der Waals surface area contributed by atoms with E-state index in [0.717, 1.165) is 32.1 Å². The number of hydrogen-bond donors (Lipinski definition) is 1. The van der Waals surface area contributed by atoms with Crippen molar-refractivity contribution in [1.82, 2.24) is 20.4 Å². The summed E-state index contributed by atoms with van der Waals surface area (Å²) in [6, 6.07) is -0.335. The number of urea groups is 1. The second-order valence-electron chi connectivity index (χ2n) is 4.91. The van der Waals surface area contributed by atoms with E-state index in [9.17, 15) is 9.59 Å². The lowest BCUT2D eigenvalue weighted by molar-refractivity contribution is -0.132. The Labute approximate surface area is 119 Å². The molecule has 1 aliphatic carbocycles. The molecule has 0 radical (unpaired) electrons. The molecule has 1 aromatic heterocycles. The van der Waals surface area contributed by atoms with Gasteiger partial charge >= 0.3 is 6.03 Å². The van der Waals surface area contributed by atoms with Crippen LogP contribution < -0.4 is 5.32 Å². The van der Waals surface area contributed by atoms with Crippen LogP contribution in [0.15, 0.2) is 0 Å². The van der Waals surface area contributed by atoms with Gasteiger partial charge in [-0.1, -0.05) is 30.6 Å². The van der Waals surface area contributed by atoms with Gasteiger partial charge < -0.3 is 5.32 Å². The molecule has 1 saturated carbocycles. The molecule has 0 bridgehead atoms. The summed E-state index contributed by atoms with van der Waals surface area (Å²) in [5.41, 5.74) is -0.677. The Morgan fingerprint density at radius 2 is 2.00 bits per heavy atom. The van der Waals surface area contributed by atoms with Crippen molar-refractivity contribution in [3.63, 3.8) is 0 Å². The van der Waals surface area contributed by atoms with E-state index < -0.39 is 5.54 Å². The van der Waals surface area contributed by atoms with Crippen molar-refractivity contribution in [2.24, 2.45) is 0 Å². The van der Waals surface area contributed by atoms with Gasteiger partial charge in [0, 0.05) is 0 Å². The minimum atomic E-state index is -0.677. The van der Waals surface area contributed by atoms with E-state index in [4.69, 9.17) is 11.6 Å². The highest BCUT2D eigenvalue weighted by Gasteiger charge is 2.51. The first kappa shape index (κ1) is 12.8. The molecule has 2 fully saturated rings. The highest BCUT2D eigenvalue weighted by atomic mass is 35.5. The number of halogens is 1. The molecule has 0 unspecified atom stereocenters. The summed E-state index contributed by atoms with van der Waals surface area (Å²) in [4.78, 5) is 25.7. The number of nitrogens with one attached hydrogen (secondary N) is 1. The highest BCUT2D eigenvalue weighted by molar-refractivity contribution is 7.15. The zero-order chi connectivity index (χ0) is 13.5. The third-order valence-corrected chi connectivity index (χ3v) is 4.69. The second kappa shape index (κ2) is 4.72. The van der Waals surface area contributed by atoms with Crippen LogP contribution >= 0.6 is 22.9 Å². The Morgan fingerprint density at radius 3 is 2.63 bits per heavy atom. The number of carbonyl (C=O) groups is 2. The molecular formula is C11H13ClN4O2S. The van der Waals surface area contributed by atoms with Crippen LogP contribution in [0.1, 0.15) is 37.1 Å². The molecule has 1 saturated heterocycles. The maximum absolute atomic E-state index is 12.5. The third-order valence-electron chi connectivity index (χ3n) is 3.69. The van der Waals surface area contributed by atoms with Crippen LogP contribution in [0.25, 0.3) is 0 Å². The summed E-state index contributed by atoms with van der Waals surface area (Å²) in [7, 11) is 0. The average Bonchev–Trinajstić information content (AvgIpc) is 2.89. The number of amides is 3. The van der Waals surface area contributed by atoms with Crippen molar-refractivity contribution in [2.45, 2.75) is 44.2 Å². The monoisotopic (exact) mass is 300 g/mol. The summed E-state index contributed by atoms with van der Waals surface area (Å²) in [5.74, 6) is -0.136. The molecule has 0 atom stereocenters. The Morgan fingerprint density at radius 1 is 1.26 bits per heavy atom. The van der Waals surface area contributed by atoms with Gasteiger partial charge in [-0.05, 0) is 24.4 Å². The normalized spacial score (nSPS) is 22.1. The Kier molecular flexibility index (Phi) is 3.18. The van der Waals surface area contributed by atoms with Crippen LogP contribution in [0.3, 0.4) is 0 Å². The first-order chi connectivity index (χ1) is 9.11. The van der Waals surface area contributed by atoms with Crippen molar-refractivity contribution >= 4 is 34.9 Å². The van der Waals surface area contributed by atoms with Gasteiger partial charge in [0.25, 0.3) is 5.91 Å². The van der Waals surface area contributed by atoms with E-state index in [1.807, 2.05) is 0 Å². The minimum absolute atomic E-state index is 0.136. The van der Waals surface area contributed by atoms with Gasteiger partial charge in [-0.15, -0.1) is 10.2 Å². The molecule has 19 heavy (non-hydrogen) atoms. The standard InChI is InChI=1S/C11H13ClN4O2S/c12-9-15-14-7(19-9)6-16-8(17)11(13-10(16)18)4-2-1-3-5-11/h1-6H2,(H,13,18). The van der Waals surface area contributed by atoms with Gasteiger partial charge in [0.1, 0.15) is 10.5 Å². The SMILES string of the molecule is O=C1NC2(CCCCC2)C(=O)N1Cc1nnc(Cl)s1. The Hall–Kier alpha value is -1.21. The number of hydrogen-bond acceptors (Lipinski definition) is 5. The van der Waals surface area contributed by atoms with Crippen LogP contribution in [-0.4, -0.2) is 32.6 Å². The van der Waals surface area contributed by atoms with E-state index in [2.05, 4.69) is 15.5 Å². The molecule has 102 valence electrons. The molecule has 1 spiro atoms. The van der Waals surface area contributed by atoms with Crippen LogP contribution in [0, 0.1) is 0 Å². The zero-order valence-electron chi connectivity index (χ0n) is 10.2. The molecule has 1 aliphatic heterocycles. The molecule has 1 N–H and O–H groups in total. The smallest absolute Gasteiger partial charge is 0.323 e. The largest absolute Gasteiger partial charge is 0.325 e. The molecule has 0 aromatic carbocycles. The lowest BCUT2D eigenvalue weighted by atomic mass is 9.82. The zero-order valence-corrected chi connectivity index (χ0v) is 11.8. The van der Waals surface area contributed by atoms with Crippen molar-refractivity contribution < 1.29 is 9.59 Å². The molecule has 8 heteroatoms. The van der Waals surface area contributed by atoms with Gasteiger partial charge in [0.15, 0.2) is 0 Å². The molecule has 3 amide bonds. The molecule has 1 aromatic rings. The summed E-state index contributed by atoms with van der Waals surface area (Å²) in [5, 5.41) is 10.9. The number of rotatable bonds is 2. The van der Waals surface area contributed by atoms with E-state index in [1.54, 1.807) is 0 Å². The molecular weight excluding hydrogens is 288 g/mol. The maximum Gasteiger partial charge on any atom is 0.325 e. The lowest BCUT2D eigenvalue weighted by Crippen LogP contribution is -2.48. The van der Waals surface area contributed by atoms with Crippen LogP contribution in [-0.2, 0) is 11.3 Å². The van der Waals surface area contributed by atoms with Gasteiger partial charge in [-0.2, -0.15) is 0 Å². The van der Waals surface area contributed by atoms with Crippen molar-refractivity contribution in [3.05, 3.63) is 9.47 Å². The fourth-order valence-electron chi connectivity index (χ4n) is 2.75. The third kappa shape index (κ3) is 2.21. The van der Waals surface area contributed by atoms with Crippen LogP contribution in [0.2, 0.25) is 4.47 Å². The summed E-state index contributed by atoms with van der Waals surface area (Å²) in [6.07, 6.45) is 4.53. The summed E-state index contributed by atoms with van der Waals surface area (Å²) < 4.78 is 0.314. The maximum atomic E-state index is 12.5. The number of carbonyl (C=O) groups excluding carboxylic acids is 2. The average molecular weight is 301 g/mol. The van der Waals surface area contributed by atoms with E-state index in [-0.39, 0.29) is 18.5 Å². The molecule has 3 rings (SSSR count). The quantitative estimate of drug-likeness (QED) is 0.847. The van der Waals surface area contributed by atoms with Crippen molar-refractivity contribution in [2.75, 3.05) is 0 Å². The van der Waals surface area contributed by atoms with E-state index in [1.165, 1.54) is 16.2 Å². The van der Waals surface area contributed by atoms with Gasteiger partial charge in [-0.3, -0.25) is 9.69 Å².